The third-order valence-electron chi connectivity index (χ3n) is 3.14. The van der Waals surface area contributed by atoms with E-state index in [1.807, 2.05) is 18.2 Å². The van der Waals surface area contributed by atoms with Gasteiger partial charge < -0.3 is 16.0 Å². The number of anilines is 3. The first-order chi connectivity index (χ1) is 12.2. The molecule has 3 rings (SSSR count). The molecule has 0 aliphatic heterocycles. The second kappa shape index (κ2) is 7.81. The van der Waals surface area contributed by atoms with Crippen molar-refractivity contribution in [3.63, 3.8) is 0 Å². The average molecular weight is 339 g/mol. The molecule has 0 saturated carbocycles. The fourth-order valence-corrected chi connectivity index (χ4v) is 1.97. The zero-order valence-electron chi connectivity index (χ0n) is 13.5. The molecule has 1 amide bonds. The van der Waals surface area contributed by atoms with Crippen molar-refractivity contribution in [3.05, 3.63) is 48.4 Å². The summed E-state index contributed by atoms with van der Waals surface area (Å²) in [4.78, 5) is 15.9. The van der Waals surface area contributed by atoms with Crippen LogP contribution < -0.4 is 16.0 Å². The fourth-order valence-electron chi connectivity index (χ4n) is 1.97. The highest BCUT2D eigenvalue weighted by Crippen LogP contribution is 2.11. The van der Waals surface area contributed by atoms with Crippen LogP contribution in [0.5, 0.6) is 0 Å². The molecule has 0 atom stereocenters. The van der Waals surface area contributed by atoms with Crippen molar-refractivity contribution < 1.29 is 4.79 Å². The molecule has 3 aromatic rings. The van der Waals surface area contributed by atoms with E-state index in [-0.39, 0.29) is 11.6 Å². The van der Waals surface area contributed by atoms with Crippen molar-refractivity contribution in [3.8, 4) is 0 Å². The normalized spacial score (nSPS) is 10.3. The van der Waals surface area contributed by atoms with Gasteiger partial charge in [-0.05, 0) is 24.3 Å². The van der Waals surface area contributed by atoms with E-state index >= 15 is 0 Å². The van der Waals surface area contributed by atoms with Crippen LogP contribution in [-0.4, -0.2) is 49.2 Å². The molecule has 3 aromatic heterocycles. The predicted octanol–water partition coefficient (Wildman–Crippen LogP) is 0.586. The number of nitrogens with zero attached hydrogens (tertiary/aromatic N) is 6. The van der Waals surface area contributed by atoms with Crippen LogP contribution in [0.1, 0.15) is 10.5 Å². The first-order valence-electron chi connectivity index (χ1n) is 7.61. The molecule has 25 heavy (non-hydrogen) atoms. The van der Waals surface area contributed by atoms with Gasteiger partial charge in [-0.2, -0.15) is 0 Å². The summed E-state index contributed by atoms with van der Waals surface area (Å²) >= 11 is 0. The molecule has 0 aromatic carbocycles. The lowest BCUT2D eigenvalue weighted by atomic mass is 10.4. The van der Waals surface area contributed by atoms with E-state index in [1.165, 1.54) is 4.68 Å². The van der Waals surface area contributed by atoms with Crippen LogP contribution in [0.25, 0.3) is 0 Å². The number of hydrogen-bond donors (Lipinski definition) is 3. The molecule has 3 N–H and O–H groups in total. The third-order valence-corrected chi connectivity index (χ3v) is 3.14. The Balaban J connectivity index is 1.42. The van der Waals surface area contributed by atoms with Crippen molar-refractivity contribution in [2.75, 3.05) is 23.7 Å². The summed E-state index contributed by atoms with van der Waals surface area (Å²) in [5.41, 5.74) is 0.284. The number of aryl methyl sites for hydroxylation is 1. The lowest BCUT2D eigenvalue weighted by Crippen LogP contribution is -2.29. The third kappa shape index (κ3) is 4.70. The van der Waals surface area contributed by atoms with Gasteiger partial charge in [0.1, 0.15) is 11.6 Å². The number of nitrogens with one attached hydrogen (secondary N) is 3. The number of aromatic nitrogens is 6. The van der Waals surface area contributed by atoms with Crippen LogP contribution in [-0.2, 0) is 7.05 Å². The Morgan fingerprint density at radius 3 is 2.56 bits per heavy atom. The molecule has 0 aliphatic carbocycles. The van der Waals surface area contributed by atoms with Gasteiger partial charge >= 0.3 is 0 Å². The molecule has 0 aliphatic rings. The lowest BCUT2D eigenvalue weighted by Gasteiger charge is -2.07. The SMILES string of the molecule is Cn1cc(C(=O)NCCNc2ccc(Nc3ccccn3)nn2)nn1. The molecule has 0 saturated heterocycles. The molecular formula is C15H17N9O. The highest BCUT2D eigenvalue weighted by atomic mass is 16.2. The molecule has 0 radical (unpaired) electrons. The van der Waals surface area contributed by atoms with Gasteiger partial charge in [0.15, 0.2) is 11.5 Å². The number of hydrogen-bond acceptors (Lipinski definition) is 8. The summed E-state index contributed by atoms with van der Waals surface area (Å²) in [6.45, 7) is 0.929. The highest BCUT2D eigenvalue weighted by molar-refractivity contribution is 5.91. The second-order valence-electron chi connectivity index (χ2n) is 5.10. The van der Waals surface area contributed by atoms with Gasteiger partial charge in [-0.25, -0.2) is 4.98 Å². The van der Waals surface area contributed by atoms with E-state index in [4.69, 9.17) is 0 Å². The Bertz CT molecular complexity index is 817. The quantitative estimate of drug-likeness (QED) is 0.534. The summed E-state index contributed by atoms with van der Waals surface area (Å²) in [5, 5.41) is 24.4. The van der Waals surface area contributed by atoms with Gasteiger partial charge in [0, 0.05) is 26.3 Å². The van der Waals surface area contributed by atoms with Crippen molar-refractivity contribution in [1.82, 2.24) is 35.5 Å². The molecule has 3 heterocycles. The Hall–Kier alpha value is -3.56. The average Bonchev–Trinajstić information content (AvgIpc) is 3.07. The smallest absolute Gasteiger partial charge is 0.273 e. The van der Waals surface area contributed by atoms with Gasteiger partial charge in [0.05, 0.1) is 6.20 Å². The van der Waals surface area contributed by atoms with E-state index in [0.29, 0.717) is 30.5 Å². The first kappa shape index (κ1) is 16.3. The summed E-state index contributed by atoms with van der Waals surface area (Å²) in [6.07, 6.45) is 3.25. The Kier molecular flexibility index (Phi) is 5.10. The van der Waals surface area contributed by atoms with Gasteiger partial charge in [0.2, 0.25) is 0 Å². The second-order valence-corrected chi connectivity index (χ2v) is 5.10. The number of carbonyl (C=O) groups is 1. The van der Waals surface area contributed by atoms with E-state index < -0.39 is 0 Å². The Morgan fingerprint density at radius 2 is 1.88 bits per heavy atom. The van der Waals surface area contributed by atoms with Gasteiger partial charge in [-0.15, -0.1) is 15.3 Å². The topological polar surface area (TPSA) is 123 Å². The zero-order chi connectivity index (χ0) is 17.5. The maximum atomic E-state index is 11.8. The summed E-state index contributed by atoms with van der Waals surface area (Å²) in [7, 11) is 1.70. The molecule has 0 fully saturated rings. The summed E-state index contributed by atoms with van der Waals surface area (Å²) in [5.74, 6) is 1.64. The van der Waals surface area contributed by atoms with Crippen LogP contribution in [0.2, 0.25) is 0 Å². The van der Waals surface area contributed by atoms with E-state index in [0.717, 1.165) is 0 Å². The highest BCUT2D eigenvalue weighted by Gasteiger charge is 2.08. The van der Waals surface area contributed by atoms with Gasteiger partial charge in [-0.3, -0.25) is 9.48 Å². The summed E-state index contributed by atoms with van der Waals surface area (Å²) < 4.78 is 1.48. The maximum Gasteiger partial charge on any atom is 0.273 e. The van der Waals surface area contributed by atoms with E-state index in [2.05, 4.69) is 41.4 Å². The van der Waals surface area contributed by atoms with Crippen LogP contribution in [0.15, 0.2) is 42.7 Å². The fraction of sp³-hybridized carbons (Fsp3) is 0.200. The van der Waals surface area contributed by atoms with Crippen molar-refractivity contribution >= 4 is 23.4 Å². The standard InChI is InChI=1S/C15H17N9O/c1-24-10-11(20-23-24)15(25)18-9-8-17-13-5-6-14(22-21-13)19-12-4-2-3-7-16-12/h2-7,10H,8-9H2,1H3,(H,17,21)(H,18,25)(H,16,19,22). The number of pyridine rings is 1. The van der Waals surface area contributed by atoms with Crippen LogP contribution in [0, 0.1) is 0 Å². The first-order valence-corrected chi connectivity index (χ1v) is 7.61. The molecule has 0 unspecified atom stereocenters. The molecule has 128 valence electrons. The molecular weight excluding hydrogens is 322 g/mol. The maximum absolute atomic E-state index is 11.8. The minimum absolute atomic E-state index is 0.268. The van der Waals surface area contributed by atoms with Crippen LogP contribution in [0.4, 0.5) is 17.5 Å². The van der Waals surface area contributed by atoms with Gasteiger partial charge in [0.25, 0.3) is 5.91 Å². The van der Waals surface area contributed by atoms with Crippen LogP contribution in [0.3, 0.4) is 0 Å². The summed E-state index contributed by atoms with van der Waals surface area (Å²) in [6, 6.07) is 9.15. The van der Waals surface area contributed by atoms with Crippen molar-refractivity contribution in [1.29, 1.82) is 0 Å². The monoisotopic (exact) mass is 339 g/mol. The molecule has 10 heteroatoms. The lowest BCUT2D eigenvalue weighted by molar-refractivity contribution is 0.0950. The number of amides is 1. The van der Waals surface area contributed by atoms with E-state index in [9.17, 15) is 4.79 Å². The Labute approximate surface area is 143 Å². The minimum atomic E-state index is -0.268. The number of rotatable bonds is 7. The predicted molar refractivity (Wildman–Crippen MR) is 91.4 cm³/mol. The van der Waals surface area contributed by atoms with E-state index in [1.54, 1.807) is 31.6 Å². The molecule has 0 bridgehead atoms. The van der Waals surface area contributed by atoms with Gasteiger partial charge in [-0.1, -0.05) is 11.3 Å². The molecule has 0 spiro atoms. The van der Waals surface area contributed by atoms with Crippen molar-refractivity contribution in [2.45, 2.75) is 0 Å². The zero-order valence-corrected chi connectivity index (χ0v) is 13.5. The minimum Gasteiger partial charge on any atom is -0.367 e. The van der Waals surface area contributed by atoms with Crippen molar-refractivity contribution in [2.24, 2.45) is 7.05 Å². The van der Waals surface area contributed by atoms with Crippen LogP contribution >= 0.6 is 0 Å². The Morgan fingerprint density at radius 1 is 1.04 bits per heavy atom. The number of carbonyl (C=O) groups excluding carboxylic acids is 1. The molecule has 10 nitrogen and oxygen atoms in total. The largest absolute Gasteiger partial charge is 0.367 e.